The minimum atomic E-state index is -0.677. The minimum absolute atomic E-state index is 0.117. The highest BCUT2D eigenvalue weighted by Gasteiger charge is 2.22. The second-order valence-corrected chi connectivity index (χ2v) is 11.2. The highest BCUT2D eigenvalue weighted by Crippen LogP contribution is 2.25. The van der Waals surface area contributed by atoms with Crippen molar-refractivity contribution in [2.45, 2.75) is 78.0 Å². The predicted octanol–water partition coefficient (Wildman–Crippen LogP) is 4.83. The summed E-state index contributed by atoms with van der Waals surface area (Å²) in [5, 5.41) is 18.8. The predicted molar refractivity (Wildman–Crippen MR) is 141 cm³/mol. The van der Waals surface area contributed by atoms with Gasteiger partial charge in [0, 0.05) is 23.5 Å². The number of fused-ring (bicyclic) bond motifs is 1. The van der Waals surface area contributed by atoms with Crippen LogP contribution >= 0.6 is 0 Å². The molecule has 0 saturated carbocycles. The smallest absolute Gasteiger partial charge is 0.253 e. The molecular weight excluding hydrogens is 438 g/mol. The van der Waals surface area contributed by atoms with Crippen LogP contribution in [0.1, 0.15) is 79.8 Å². The lowest BCUT2D eigenvalue weighted by atomic mass is 9.92. The van der Waals surface area contributed by atoms with E-state index in [0.717, 1.165) is 21.9 Å². The second kappa shape index (κ2) is 10.6. The Hall–Kier alpha value is -3.25. The van der Waals surface area contributed by atoms with Gasteiger partial charge in [0.05, 0.1) is 17.2 Å². The van der Waals surface area contributed by atoms with Crippen molar-refractivity contribution in [3.8, 4) is 0 Å². The average molecular weight is 476 g/mol. The van der Waals surface area contributed by atoms with Gasteiger partial charge in [-0.3, -0.25) is 14.6 Å². The van der Waals surface area contributed by atoms with Crippen LogP contribution in [0.2, 0.25) is 0 Å². The van der Waals surface area contributed by atoms with E-state index in [1.165, 1.54) is 0 Å². The molecule has 0 aliphatic heterocycles. The molecule has 2 aromatic carbocycles. The Labute approximate surface area is 208 Å². The molecule has 3 aromatic rings. The molecule has 3 N–H and O–H groups in total. The quantitative estimate of drug-likeness (QED) is 0.457. The van der Waals surface area contributed by atoms with Crippen LogP contribution in [0.25, 0.3) is 10.8 Å². The molecule has 186 valence electrons. The number of pyridine rings is 1. The maximum absolute atomic E-state index is 13.2. The molecule has 0 aliphatic carbocycles. The van der Waals surface area contributed by atoms with Gasteiger partial charge in [0.2, 0.25) is 0 Å². The summed E-state index contributed by atoms with van der Waals surface area (Å²) in [4.78, 5) is 30.1. The van der Waals surface area contributed by atoms with Crippen molar-refractivity contribution in [1.82, 2.24) is 15.6 Å². The maximum atomic E-state index is 13.2. The summed E-state index contributed by atoms with van der Waals surface area (Å²) >= 11 is 0. The first kappa shape index (κ1) is 26.4. The molecule has 0 saturated heterocycles. The minimum Gasteiger partial charge on any atom is -0.393 e. The maximum Gasteiger partial charge on any atom is 0.253 e. The van der Waals surface area contributed by atoms with Crippen LogP contribution in [0.3, 0.4) is 0 Å². The third kappa shape index (κ3) is 7.36. The van der Waals surface area contributed by atoms with E-state index in [0.29, 0.717) is 30.4 Å². The summed E-state index contributed by atoms with van der Waals surface area (Å²) in [5.74, 6) is -0.322. The molecule has 0 bridgehead atoms. The van der Waals surface area contributed by atoms with Crippen molar-refractivity contribution in [3.05, 3.63) is 77.1 Å². The van der Waals surface area contributed by atoms with Crippen LogP contribution in [0.4, 0.5) is 0 Å². The third-order valence-corrected chi connectivity index (χ3v) is 5.58. The molecule has 0 fully saturated rings. The number of carbonyl (C=O) groups excluding carboxylic acids is 2. The Kier molecular flexibility index (Phi) is 7.96. The van der Waals surface area contributed by atoms with Crippen molar-refractivity contribution < 1.29 is 14.7 Å². The number of aromatic nitrogens is 1. The van der Waals surface area contributed by atoms with Gasteiger partial charge in [-0.1, -0.05) is 36.4 Å². The van der Waals surface area contributed by atoms with E-state index in [1.54, 1.807) is 18.5 Å². The molecule has 0 aliphatic rings. The fourth-order valence-electron chi connectivity index (χ4n) is 4.09. The van der Waals surface area contributed by atoms with Gasteiger partial charge in [-0.05, 0) is 88.8 Å². The molecule has 35 heavy (non-hydrogen) atoms. The van der Waals surface area contributed by atoms with E-state index in [4.69, 9.17) is 0 Å². The first-order valence-corrected chi connectivity index (χ1v) is 12.1. The lowest BCUT2D eigenvalue weighted by Gasteiger charge is -2.23. The molecular formula is C29H37N3O3. The molecule has 1 unspecified atom stereocenters. The number of aliphatic hydroxyl groups is 1. The number of rotatable bonds is 7. The van der Waals surface area contributed by atoms with Crippen molar-refractivity contribution in [3.63, 3.8) is 0 Å². The van der Waals surface area contributed by atoms with E-state index in [1.807, 2.05) is 77.9 Å². The van der Waals surface area contributed by atoms with Gasteiger partial charge in [0.25, 0.3) is 11.8 Å². The first-order chi connectivity index (χ1) is 16.3. The number of amides is 2. The highest BCUT2D eigenvalue weighted by molar-refractivity contribution is 6.08. The third-order valence-electron chi connectivity index (χ3n) is 5.58. The molecule has 3 rings (SSSR count). The van der Waals surface area contributed by atoms with Crippen LogP contribution in [0.15, 0.2) is 54.9 Å². The normalized spacial score (nSPS) is 12.9. The SMILES string of the molecule is CC(C)(C)NC(=O)c1cnccc1CC(O)CCc1ccc2ccccc2c1C(=O)NC(C)(C)C. The summed E-state index contributed by atoms with van der Waals surface area (Å²) in [6.07, 6.45) is 3.82. The zero-order valence-corrected chi connectivity index (χ0v) is 21.6. The fraction of sp³-hybridized carbons (Fsp3) is 0.414. The van der Waals surface area contributed by atoms with Gasteiger partial charge in [0.15, 0.2) is 0 Å². The monoisotopic (exact) mass is 475 g/mol. The van der Waals surface area contributed by atoms with Crippen molar-refractivity contribution in [2.24, 2.45) is 0 Å². The number of hydrogen-bond acceptors (Lipinski definition) is 4. The van der Waals surface area contributed by atoms with E-state index < -0.39 is 6.10 Å². The van der Waals surface area contributed by atoms with E-state index >= 15 is 0 Å². The average Bonchev–Trinajstić information content (AvgIpc) is 2.75. The number of nitrogens with one attached hydrogen (secondary N) is 2. The topological polar surface area (TPSA) is 91.3 Å². The number of benzene rings is 2. The van der Waals surface area contributed by atoms with Crippen molar-refractivity contribution in [1.29, 1.82) is 0 Å². The summed E-state index contributed by atoms with van der Waals surface area (Å²) in [7, 11) is 0. The summed E-state index contributed by atoms with van der Waals surface area (Å²) < 4.78 is 0. The Morgan fingerprint density at radius 2 is 1.54 bits per heavy atom. The lowest BCUT2D eigenvalue weighted by Crippen LogP contribution is -2.41. The Morgan fingerprint density at radius 1 is 0.886 bits per heavy atom. The van der Waals surface area contributed by atoms with Crippen LogP contribution in [-0.2, 0) is 12.8 Å². The molecule has 1 aromatic heterocycles. The molecule has 2 amide bonds. The van der Waals surface area contributed by atoms with Gasteiger partial charge in [0.1, 0.15) is 0 Å². The number of hydrogen-bond donors (Lipinski definition) is 3. The first-order valence-electron chi connectivity index (χ1n) is 12.1. The molecule has 0 radical (unpaired) electrons. The van der Waals surface area contributed by atoms with Crippen molar-refractivity contribution >= 4 is 22.6 Å². The van der Waals surface area contributed by atoms with Gasteiger partial charge in [-0.15, -0.1) is 0 Å². The zero-order valence-electron chi connectivity index (χ0n) is 21.6. The van der Waals surface area contributed by atoms with Gasteiger partial charge in [-0.25, -0.2) is 0 Å². The van der Waals surface area contributed by atoms with E-state index in [-0.39, 0.29) is 22.9 Å². The fourth-order valence-corrected chi connectivity index (χ4v) is 4.09. The molecule has 6 nitrogen and oxygen atoms in total. The number of nitrogens with zero attached hydrogens (tertiary/aromatic N) is 1. The highest BCUT2D eigenvalue weighted by atomic mass is 16.3. The van der Waals surface area contributed by atoms with E-state index in [9.17, 15) is 14.7 Å². The second-order valence-electron chi connectivity index (χ2n) is 11.2. The number of aliphatic hydroxyl groups excluding tert-OH is 1. The van der Waals surface area contributed by atoms with Gasteiger partial charge < -0.3 is 15.7 Å². The molecule has 1 heterocycles. The summed E-state index contributed by atoms with van der Waals surface area (Å²) in [5.41, 5.74) is 2.03. The van der Waals surface area contributed by atoms with Crippen LogP contribution in [-0.4, -0.2) is 39.1 Å². The lowest BCUT2D eigenvalue weighted by molar-refractivity contribution is 0.0907. The summed E-state index contributed by atoms with van der Waals surface area (Å²) in [6.45, 7) is 11.6. The van der Waals surface area contributed by atoms with Crippen LogP contribution < -0.4 is 10.6 Å². The Morgan fingerprint density at radius 3 is 2.23 bits per heavy atom. The molecule has 1 atom stereocenters. The largest absolute Gasteiger partial charge is 0.393 e. The van der Waals surface area contributed by atoms with Crippen LogP contribution in [0.5, 0.6) is 0 Å². The standard InChI is InChI=1S/C29H37N3O3/c1-28(2,3)31-26(34)24-18-30-16-15-21(24)17-22(33)14-13-20-12-11-19-9-7-8-10-23(19)25(20)27(35)32-29(4,5)6/h7-12,15-16,18,22,33H,13-14,17H2,1-6H3,(H,31,34)(H,32,35). The van der Waals surface area contributed by atoms with Crippen molar-refractivity contribution in [2.75, 3.05) is 0 Å². The molecule has 6 heteroatoms. The van der Waals surface area contributed by atoms with Gasteiger partial charge in [-0.2, -0.15) is 0 Å². The molecule has 0 spiro atoms. The Bertz CT molecular complexity index is 1210. The summed E-state index contributed by atoms with van der Waals surface area (Å²) in [6, 6.07) is 13.6. The van der Waals surface area contributed by atoms with Crippen LogP contribution in [0, 0.1) is 0 Å². The number of aryl methyl sites for hydroxylation is 1. The van der Waals surface area contributed by atoms with E-state index in [2.05, 4.69) is 15.6 Å². The van der Waals surface area contributed by atoms with Gasteiger partial charge >= 0.3 is 0 Å². The number of carbonyl (C=O) groups is 2. The zero-order chi connectivity index (χ0) is 25.8. The Balaban J connectivity index is 1.80.